The summed E-state index contributed by atoms with van der Waals surface area (Å²) in [6.45, 7) is 1.06. The second-order valence-electron chi connectivity index (χ2n) is 8.46. The molecule has 180 valence electrons. The maximum absolute atomic E-state index is 13.5. The normalized spacial score (nSPS) is 14.0. The number of H-pyrrole nitrogens is 1. The highest BCUT2D eigenvalue weighted by Gasteiger charge is 2.31. The highest BCUT2D eigenvalue weighted by atomic mass is 35.5. The van der Waals surface area contributed by atoms with Gasteiger partial charge in [-0.05, 0) is 65.8 Å². The van der Waals surface area contributed by atoms with Gasteiger partial charge in [-0.25, -0.2) is 4.79 Å². The molecule has 6 rings (SSSR count). The number of halogens is 1. The van der Waals surface area contributed by atoms with Crippen molar-refractivity contribution in [3.05, 3.63) is 59.3 Å². The van der Waals surface area contributed by atoms with Gasteiger partial charge in [-0.15, -0.1) is 11.6 Å². The summed E-state index contributed by atoms with van der Waals surface area (Å²) in [7, 11) is 1.61. The average Bonchev–Trinajstić information content (AvgIpc) is 3.60. The molecule has 0 bridgehead atoms. The van der Waals surface area contributed by atoms with E-state index in [1.807, 2.05) is 36.4 Å². The minimum atomic E-state index is -0.475. The van der Waals surface area contributed by atoms with E-state index < -0.39 is 6.03 Å². The molecule has 0 atom stereocenters. The van der Waals surface area contributed by atoms with E-state index in [-0.39, 0.29) is 11.7 Å². The van der Waals surface area contributed by atoms with Gasteiger partial charge in [0.2, 0.25) is 0 Å². The Morgan fingerprint density at radius 2 is 1.66 bits per heavy atom. The van der Waals surface area contributed by atoms with Crippen LogP contribution < -0.4 is 20.3 Å². The van der Waals surface area contributed by atoms with E-state index in [0.717, 1.165) is 38.5 Å². The van der Waals surface area contributed by atoms with Crippen molar-refractivity contribution in [3.63, 3.8) is 0 Å². The number of aromatic amines is 1. The molecule has 0 aliphatic carbocycles. The highest BCUT2D eigenvalue weighted by Crippen LogP contribution is 2.42. The molecule has 3 heterocycles. The number of methoxy groups -OCH3 is 1. The zero-order valence-electron chi connectivity index (χ0n) is 19.4. The number of fused-ring (bicyclic) bond motifs is 6. The smallest absolute Gasteiger partial charge is 0.319 e. The Bertz CT molecular complexity index is 1500. The number of aromatic nitrogens is 1. The number of phenols is 1. The van der Waals surface area contributed by atoms with E-state index in [1.54, 1.807) is 23.0 Å². The van der Waals surface area contributed by atoms with E-state index >= 15 is 0 Å². The summed E-state index contributed by atoms with van der Waals surface area (Å²) in [5, 5.41) is 13.2. The van der Waals surface area contributed by atoms with Gasteiger partial charge in [0.15, 0.2) is 0 Å². The van der Waals surface area contributed by atoms with Gasteiger partial charge in [-0.2, -0.15) is 0 Å². The van der Waals surface area contributed by atoms with Crippen LogP contribution in [0, 0.1) is 0 Å². The Morgan fingerprint density at radius 1 is 0.943 bits per heavy atom. The lowest BCUT2D eigenvalue weighted by Gasteiger charge is -2.17. The SMILES string of the molecule is CCl.COc1ccc2c(O)cc3c(c2c1)CCN3C(=O)c1cc2c3c(ccc2[nH]1)N(C(N)=O)CC3. The Morgan fingerprint density at radius 3 is 2.37 bits per heavy atom. The first-order valence-corrected chi connectivity index (χ1v) is 12.0. The molecule has 0 fully saturated rings. The van der Waals surface area contributed by atoms with Crippen molar-refractivity contribution in [2.24, 2.45) is 5.73 Å². The van der Waals surface area contributed by atoms with Gasteiger partial charge in [-0.3, -0.25) is 9.69 Å². The number of primary amides is 1. The fraction of sp³-hybridized carbons (Fsp3) is 0.231. The third-order valence-electron chi connectivity index (χ3n) is 6.79. The summed E-state index contributed by atoms with van der Waals surface area (Å²) < 4.78 is 5.36. The topological polar surface area (TPSA) is 112 Å². The molecule has 9 heteroatoms. The molecule has 0 saturated heterocycles. The molecule has 0 spiro atoms. The predicted molar refractivity (Wildman–Crippen MR) is 138 cm³/mol. The van der Waals surface area contributed by atoms with Crippen molar-refractivity contribution < 1.29 is 19.4 Å². The number of rotatable bonds is 2. The average molecular weight is 493 g/mol. The molecule has 2 aliphatic heterocycles. The Balaban J connectivity index is 0.00000124. The Labute approximate surface area is 206 Å². The molecule has 0 unspecified atom stereocenters. The van der Waals surface area contributed by atoms with E-state index in [9.17, 15) is 14.7 Å². The minimum absolute atomic E-state index is 0.132. The first-order chi connectivity index (χ1) is 17.0. The number of aromatic hydroxyl groups is 1. The van der Waals surface area contributed by atoms with E-state index in [2.05, 4.69) is 16.6 Å². The van der Waals surface area contributed by atoms with Crippen LogP contribution >= 0.6 is 11.6 Å². The van der Waals surface area contributed by atoms with Gasteiger partial charge < -0.3 is 25.5 Å². The van der Waals surface area contributed by atoms with Crippen molar-refractivity contribution in [3.8, 4) is 11.5 Å². The van der Waals surface area contributed by atoms with Crippen LogP contribution in [-0.4, -0.2) is 48.6 Å². The van der Waals surface area contributed by atoms with Gasteiger partial charge in [0.05, 0.1) is 12.8 Å². The van der Waals surface area contributed by atoms with Crippen LogP contribution in [0.4, 0.5) is 16.2 Å². The van der Waals surface area contributed by atoms with Gasteiger partial charge in [-0.1, -0.05) is 0 Å². The van der Waals surface area contributed by atoms with Crippen molar-refractivity contribution in [2.45, 2.75) is 12.8 Å². The van der Waals surface area contributed by atoms with Crippen molar-refractivity contribution in [2.75, 3.05) is 36.4 Å². The van der Waals surface area contributed by atoms with Gasteiger partial charge >= 0.3 is 6.03 Å². The summed E-state index contributed by atoms with van der Waals surface area (Å²) >= 11 is 4.64. The predicted octanol–water partition coefficient (Wildman–Crippen LogP) is 4.53. The first-order valence-electron chi connectivity index (χ1n) is 11.2. The van der Waals surface area contributed by atoms with Crippen LogP contribution in [0.2, 0.25) is 0 Å². The second kappa shape index (κ2) is 8.70. The highest BCUT2D eigenvalue weighted by molar-refractivity contribution is 6.15. The van der Waals surface area contributed by atoms with Gasteiger partial charge in [0.25, 0.3) is 5.91 Å². The summed E-state index contributed by atoms with van der Waals surface area (Å²) in [6.07, 6.45) is 2.85. The summed E-state index contributed by atoms with van der Waals surface area (Å²) in [6, 6.07) is 12.3. The van der Waals surface area contributed by atoms with Crippen molar-refractivity contribution in [1.82, 2.24) is 4.98 Å². The third-order valence-corrected chi connectivity index (χ3v) is 6.79. The number of nitrogens with two attached hydrogens (primary N) is 1. The third kappa shape index (κ3) is 3.52. The molecular weight excluding hydrogens is 468 g/mol. The van der Waals surface area contributed by atoms with E-state index in [1.165, 1.54) is 6.38 Å². The Kier molecular flexibility index (Phi) is 5.68. The summed E-state index contributed by atoms with van der Waals surface area (Å²) in [5.74, 6) is 0.673. The van der Waals surface area contributed by atoms with Crippen LogP contribution in [0.5, 0.6) is 11.5 Å². The lowest BCUT2D eigenvalue weighted by Crippen LogP contribution is -2.33. The number of nitrogens with one attached hydrogen (secondary N) is 1. The number of carbonyl (C=O) groups is 2. The Hall–Kier alpha value is -3.91. The number of urea groups is 1. The first kappa shape index (κ1) is 22.9. The molecule has 0 radical (unpaired) electrons. The van der Waals surface area contributed by atoms with Gasteiger partial charge in [0, 0.05) is 47.5 Å². The molecule has 35 heavy (non-hydrogen) atoms. The number of amides is 3. The molecule has 4 aromatic rings. The lowest BCUT2D eigenvalue weighted by atomic mass is 10.0. The van der Waals surface area contributed by atoms with Crippen LogP contribution in [0.25, 0.3) is 21.7 Å². The fourth-order valence-electron chi connectivity index (χ4n) is 5.22. The number of alkyl halides is 1. The van der Waals surface area contributed by atoms with E-state index in [4.69, 9.17) is 10.5 Å². The minimum Gasteiger partial charge on any atom is -0.507 e. The molecule has 4 N–H and O–H groups in total. The quantitative estimate of drug-likeness (QED) is 0.357. The molecule has 3 amide bonds. The van der Waals surface area contributed by atoms with Gasteiger partial charge in [0.1, 0.15) is 17.2 Å². The zero-order valence-corrected chi connectivity index (χ0v) is 20.1. The largest absolute Gasteiger partial charge is 0.507 e. The standard InChI is InChI=1S/C25H22N4O4.CH3Cl/c1-33-13-2-3-16-17(10-13)14-6-8-28(22(14)12-23(16)30)24(31)20-11-18-15-7-9-29(25(26)32)21(15)5-4-19(18)27-20;1-2/h2-5,10-12,27,30H,6-9H2,1H3,(H2,26,32);1H3. The van der Waals surface area contributed by atoms with Crippen LogP contribution in [0.15, 0.2) is 42.5 Å². The second-order valence-corrected chi connectivity index (χ2v) is 8.46. The molecule has 1 aromatic heterocycles. The summed E-state index contributed by atoms with van der Waals surface area (Å²) in [4.78, 5) is 31.7. The summed E-state index contributed by atoms with van der Waals surface area (Å²) in [5.41, 5.74) is 10.3. The maximum atomic E-state index is 13.5. The van der Waals surface area contributed by atoms with E-state index in [0.29, 0.717) is 43.1 Å². The molecule has 3 aromatic carbocycles. The number of hydrogen-bond acceptors (Lipinski definition) is 4. The molecule has 8 nitrogen and oxygen atoms in total. The number of carbonyl (C=O) groups excluding carboxylic acids is 2. The maximum Gasteiger partial charge on any atom is 0.319 e. The molecule has 2 aliphatic rings. The van der Waals surface area contributed by atoms with Crippen molar-refractivity contribution in [1.29, 1.82) is 0 Å². The fourth-order valence-corrected chi connectivity index (χ4v) is 5.22. The van der Waals surface area contributed by atoms with Crippen LogP contribution in [-0.2, 0) is 12.8 Å². The monoisotopic (exact) mass is 492 g/mol. The number of nitrogens with zero attached hydrogens (tertiary/aromatic N) is 2. The molecule has 0 saturated carbocycles. The number of phenolic OH excluding ortho intramolecular Hbond substituents is 1. The molecular formula is C26H25ClN4O4. The lowest BCUT2D eigenvalue weighted by molar-refractivity contribution is 0.0985. The number of hydrogen-bond donors (Lipinski definition) is 3. The van der Waals surface area contributed by atoms with Crippen molar-refractivity contribution >= 4 is 56.6 Å². The van der Waals surface area contributed by atoms with Crippen LogP contribution in [0.3, 0.4) is 0 Å². The number of anilines is 2. The van der Waals surface area contributed by atoms with Crippen LogP contribution in [0.1, 0.15) is 21.6 Å². The zero-order chi connectivity index (χ0) is 24.9. The number of benzene rings is 3. The number of ether oxygens (including phenoxy) is 1.